The highest BCUT2D eigenvalue weighted by Crippen LogP contribution is 2.05. The van der Waals surface area contributed by atoms with Gasteiger partial charge in [-0.3, -0.25) is 9.79 Å². The predicted octanol–water partition coefficient (Wildman–Crippen LogP) is 2.09. The van der Waals surface area contributed by atoms with Gasteiger partial charge in [0.05, 0.1) is 11.1 Å². The molecule has 4 heteroatoms. The Morgan fingerprint density at radius 1 is 1.60 bits per heavy atom. The van der Waals surface area contributed by atoms with Gasteiger partial charge in [0.25, 0.3) is 0 Å². The summed E-state index contributed by atoms with van der Waals surface area (Å²) in [5, 5.41) is 8.59. The van der Waals surface area contributed by atoms with E-state index in [1.54, 1.807) is 6.92 Å². The molecule has 0 fully saturated rings. The van der Waals surface area contributed by atoms with E-state index in [1.165, 1.54) is 0 Å². The number of aliphatic hydroxyl groups excluding tert-OH is 1. The van der Waals surface area contributed by atoms with Crippen LogP contribution < -0.4 is 0 Å². The molecule has 0 aromatic carbocycles. The molecule has 1 aliphatic heterocycles. The van der Waals surface area contributed by atoms with Gasteiger partial charge in [-0.25, -0.2) is 0 Å². The van der Waals surface area contributed by atoms with Crippen molar-refractivity contribution in [3.8, 4) is 0 Å². The first kappa shape index (κ1) is 14.6. The van der Waals surface area contributed by atoms with E-state index in [0.29, 0.717) is 5.92 Å². The number of thiol groups is 1. The summed E-state index contributed by atoms with van der Waals surface area (Å²) >= 11 is 3.79. The molecule has 1 unspecified atom stereocenters. The Balaban J connectivity index is 0.000000265. The lowest BCUT2D eigenvalue weighted by Gasteiger charge is -2.04. The van der Waals surface area contributed by atoms with Crippen molar-refractivity contribution >= 4 is 24.1 Å². The molecule has 88 valence electrons. The highest BCUT2D eigenvalue weighted by atomic mass is 32.1. The van der Waals surface area contributed by atoms with Crippen LogP contribution >= 0.6 is 12.6 Å². The summed E-state index contributed by atoms with van der Waals surface area (Å²) in [4.78, 5) is 14.5. The molecule has 0 aromatic heterocycles. The Labute approximate surface area is 97.4 Å². The van der Waals surface area contributed by atoms with Gasteiger partial charge in [0, 0.05) is 13.5 Å². The molecule has 1 heterocycles. The smallest absolute Gasteiger partial charge is 0.173 e. The van der Waals surface area contributed by atoms with Crippen LogP contribution in [-0.4, -0.2) is 28.6 Å². The van der Waals surface area contributed by atoms with E-state index in [-0.39, 0.29) is 5.78 Å². The number of carbonyl (C=O) groups is 1. The maximum atomic E-state index is 10.5. The average molecular weight is 231 g/mol. The summed E-state index contributed by atoms with van der Waals surface area (Å²) in [5.74, 6) is 0.690. The van der Waals surface area contributed by atoms with Crippen LogP contribution in [0.3, 0.4) is 0 Å². The molecule has 0 radical (unpaired) electrons. The Kier molecular flexibility index (Phi) is 7.70. The zero-order valence-electron chi connectivity index (χ0n) is 9.73. The van der Waals surface area contributed by atoms with E-state index in [4.69, 9.17) is 5.11 Å². The predicted molar refractivity (Wildman–Crippen MR) is 66.7 cm³/mol. The van der Waals surface area contributed by atoms with Crippen LogP contribution in [0.5, 0.6) is 0 Å². The molecule has 0 saturated heterocycles. The van der Waals surface area contributed by atoms with Crippen molar-refractivity contribution in [2.45, 2.75) is 45.5 Å². The first-order valence-corrected chi connectivity index (χ1v) is 5.85. The molecule has 0 aromatic rings. The maximum absolute atomic E-state index is 10.5. The number of hydrogen-bond acceptors (Lipinski definition) is 4. The first-order chi connectivity index (χ1) is 6.93. The van der Waals surface area contributed by atoms with E-state index in [0.717, 1.165) is 31.5 Å². The number of aliphatic imine (C=N–C) groups is 1. The molecule has 1 aliphatic rings. The summed E-state index contributed by atoms with van der Waals surface area (Å²) in [5.41, 5.74) is 0.352. The molecule has 1 rings (SSSR count). The van der Waals surface area contributed by atoms with Crippen molar-refractivity contribution in [1.82, 2.24) is 0 Å². The van der Waals surface area contributed by atoms with Crippen LogP contribution in [0.4, 0.5) is 0 Å². The van der Waals surface area contributed by atoms with Gasteiger partial charge in [0.15, 0.2) is 5.78 Å². The van der Waals surface area contributed by atoms with Crippen molar-refractivity contribution in [3.63, 3.8) is 0 Å². The normalized spacial score (nSPS) is 16.8. The number of rotatable bonds is 3. The number of carbonyl (C=O) groups excluding carboxylic acids is 1. The molecular formula is C11H21NO2S. The van der Waals surface area contributed by atoms with Gasteiger partial charge in [-0.2, -0.15) is 0 Å². The van der Waals surface area contributed by atoms with Gasteiger partial charge in [-0.15, -0.1) is 12.6 Å². The third kappa shape index (κ3) is 8.63. The van der Waals surface area contributed by atoms with Crippen LogP contribution in [-0.2, 0) is 4.79 Å². The van der Waals surface area contributed by atoms with Gasteiger partial charge in [0.2, 0.25) is 0 Å². The Morgan fingerprint density at radius 3 is 2.33 bits per heavy atom. The van der Waals surface area contributed by atoms with Crippen LogP contribution in [0.1, 0.15) is 40.0 Å². The number of hydrogen-bond donors (Lipinski definition) is 2. The number of ketones is 1. The second kappa shape index (κ2) is 7.88. The minimum Gasteiger partial charge on any atom is -0.383 e. The SMILES string of the molecule is CC(=O)C1=NCCC1.CC(C)CC(O)S. The minimum absolute atomic E-state index is 0.141. The highest BCUT2D eigenvalue weighted by molar-refractivity contribution is 7.80. The summed E-state index contributed by atoms with van der Waals surface area (Å²) in [6.45, 7) is 6.54. The maximum Gasteiger partial charge on any atom is 0.173 e. The average Bonchev–Trinajstić information content (AvgIpc) is 2.52. The number of Topliss-reactive ketones (excluding diaryl/α,β-unsaturated/α-hetero) is 1. The topological polar surface area (TPSA) is 49.7 Å². The lowest BCUT2D eigenvalue weighted by Crippen LogP contribution is -2.04. The number of aliphatic hydroxyl groups is 1. The molecule has 1 atom stereocenters. The van der Waals surface area contributed by atoms with E-state index in [2.05, 4.69) is 31.5 Å². The van der Waals surface area contributed by atoms with Crippen molar-refractivity contribution in [2.24, 2.45) is 10.9 Å². The van der Waals surface area contributed by atoms with Crippen LogP contribution in [0.2, 0.25) is 0 Å². The van der Waals surface area contributed by atoms with Gasteiger partial charge in [0.1, 0.15) is 0 Å². The van der Waals surface area contributed by atoms with Gasteiger partial charge < -0.3 is 5.11 Å². The molecule has 3 nitrogen and oxygen atoms in total. The molecule has 0 saturated carbocycles. The molecule has 15 heavy (non-hydrogen) atoms. The fraction of sp³-hybridized carbons (Fsp3) is 0.818. The van der Waals surface area contributed by atoms with Crippen molar-refractivity contribution in [3.05, 3.63) is 0 Å². The molecule has 1 N–H and O–H groups in total. The van der Waals surface area contributed by atoms with Crippen LogP contribution in [0.15, 0.2) is 4.99 Å². The number of nitrogens with zero attached hydrogens (tertiary/aromatic N) is 1. The molecule has 0 spiro atoms. The van der Waals surface area contributed by atoms with E-state index in [1.807, 2.05) is 0 Å². The molecule has 0 bridgehead atoms. The van der Waals surface area contributed by atoms with E-state index < -0.39 is 5.44 Å². The standard InChI is InChI=1S/C6H9NO.C5H12OS/c1-5(8)6-3-2-4-7-6;1-4(2)3-5(6)7/h2-4H2,1H3;4-7H,3H2,1-2H3. The second-order valence-corrected chi connectivity index (χ2v) is 4.69. The monoisotopic (exact) mass is 231 g/mol. The molecule has 0 amide bonds. The van der Waals surface area contributed by atoms with Crippen LogP contribution in [0.25, 0.3) is 0 Å². The van der Waals surface area contributed by atoms with Gasteiger partial charge in [-0.05, 0) is 25.2 Å². The summed E-state index contributed by atoms with van der Waals surface area (Å²) < 4.78 is 0. The van der Waals surface area contributed by atoms with Crippen molar-refractivity contribution in [1.29, 1.82) is 0 Å². The van der Waals surface area contributed by atoms with E-state index in [9.17, 15) is 4.79 Å². The zero-order valence-corrected chi connectivity index (χ0v) is 10.6. The fourth-order valence-electron chi connectivity index (χ4n) is 1.25. The summed E-state index contributed by atoms with van der Waals surface area (Å²) in [7, 11) is 0. The minimum atomic E-state index is -0.431. The molecule has 0 aliphatic carbocycles. The Hall–Kier alpha value is -0.350. The molecular weight excluding hydrogens is 210 g/mol. The van der Waals surface area contributed by atoms with Crippen LogP contribution in [0, 0.1) is 5.92 Å². The fourth-order valence-corrected chi connectivity index (χ4v) is 1.67. The summed E-state index contributed by atoms with van der Waals surface area (Å²) in [6, 6.07) is 0. The quantitative estimate of drug-likeness (QED) is 0.577. The second-order valence-electron chi connectivity index (χ2n) is 4.10. The third-order valence-corrected chi connectivity index (χ3v) is 2.17. The Morgan fingerprint density at radius 2 is 2.20 bits per heavy atom. The summed E-state index contributed by atoms with van der Waals surface area (Å²) in [6.07, 6.45) is 2.74. The lowest BCUT2D eigenvalue weighted by atomic mass is 10.1. The third-order valence-electron chi connectivity index (χ3n) is 1.96. The Bertz CT molecular complexity index is 219. The zero-order chi connectivity index (χ0) is 11.8. The van der Waals surface area contributed by atoms with Crippen molar-refractivity contribution < 1.29 is 9.90 Å². The van der Waals surface area contributed by atoms with E-state index >= 15 is 0 Å². The van der Waals surface area contributed by atoms with Gasteiger partial charge in [-0.1, -0.05) is 13.8 Å². The first-order valence-electron chi connectivity index (χ1n) is 5.34. The van der Waals surface area contributed by atoms with Crippen molar-refractivity contribution in [2.75, 3.05) is 6.54 Å². The highest BCUT2D eigenvalue weighted by Gasteiger charge is 2.09. The lowest BCUT2D eigenvalue weighted by molar-refractivity contribution is -0.111. The van der Waals surface area contributed by atoms with Gasteiger partial charge >= 0.3 is 0 Å². The largest absolute Gasteiger partial charge is 0.383 e.